The SMILES string of the molecule is Cc1c2c(c(O)c3c(O)ccc(Cl)c13)C(=O)C1(O)C(O)=C(C(N)=O)C(=O)C(N(C)C)C1C2.Cl. The summed E-state index contributed by atoms with van der Waals surface area (Å²) < 4.78 is 0. The third-order valence-corrected chi connectivity index (χ3v) is 6.88. The number of aromatic hydroxyl groups is 2. The number of aliphatic hydroxyl groups excluding tert-OH is 1. The van der Waals surface area contributed by atoms with E-state index in [9.17, 15) is 34.8 Å². The molecule has 11 heteroatoms. The highest BCUT2D eigenvalue weighted by atomic mass is 35.5. The number of phenols is 2. The molecule has 0 aliphatic heterocycles. The lowest BCUT2D eigenvalue weighted by atomic mass is 9.61. The number of aliphatic hydroxyl groups is 2. The highest BCUT2D eigenvalue weighted by molar-refractivity contribution is 6.37. The van der Waals surface area contributed by atoms with Gasteiger partial charge >= 0.3 is 0 Å². The molecule has 176 valence electrons. The van der Waals surface area contributed by atoms with E-state index >= 15 is 0 Å². The smallest absolute Gasteiger partial charge is 0.255 e. The highest BCUT2D eigenvalue weighted by Gasteiger charge is 2.62. The van der Waals surface area contributed by atoms with Gasteiger partial charge in [-0.25, -0.2) is 0 Å². The van der Waals surface area contributed by atoms with Crippen molar-refractivity contribution in [2.75, 3.05) is 14.1 Å². The van der Waals surface area contributed by atoms with Crippen molar-refractivity contribution in [3.8, 4) is 11.5 Å². The number of amides is 1. The zero-order valence-corrected chi connectivity index (χ0v) is 19.4. The molecule has 0 radical (unpaired) electrons. The van der Waals surface area contributed by atoms with Gasteiger partial charge < -0.3 is 26.2 Å². The van der Waals surface area contributed by atoms with Crippen LogP contribution in [0.25, 0.3) is 10.8 Å². The maximum absolute atomic E-state index is 13.6. The summed E-state index contributed by atoms with van der Waals surface area (Å²) in [6.45, 7) is 1.64. The zero-order valence-electron chi connectivity index (χ0n) is 17.8. The Morgan fingerprint density at radius 1 is 1.18 bits per heavy atom. The standard InChI is InChI=1S/C22H21ClN2O7.ClH/c1-7-8-6-9-16(25(2)3)18(28)15(21(24)31)20(30)22(9,32)19(29)13(8)17(27)14-11(26)5-4-10(23)12(7)14;/h4-5,9,16,26-27,30,32H,6H2,1-3H3,(H2,24,31);1H. The molecule has 2 aromatic carbocycles. The Bertz CT molecular complexity index is 1290. The number of Topliss-reactive ketones (excluding diaryl/α,β-unsaturated/α-hetero) is 2. The predicted molar refractivity (Wildman–Crippen MR) is 122 cm³/mol. The highest BCUT2D eigenvalue weighted by Crippen LogP contribution is 2.51. The van der Waals surface area contributed by atoms with Gasteiger partial charge in [0.25, 0.3) is 5.91 Å². The Balaban J connectivity index is 0.00000306. The Kier molecular flexibility index (Phi) is 5.92. The van der Waals surface area contributed by atoms with Crippen molar-refractivity contribution in [2.24, 2.45) is 11.7 Å². The number of nitrogens with two attached hydrogens (primary N) is 1. The molecule has 2 aliphatic rings. The first-order valence-corrected chi connectivity index (χ1v) is 10.1. The molecule has 2 aliphatic carbocycles. The fourth-order valence-corrected chi connectivity index (χ4v) is 5.40. The minimum atomic E-state index is -2.69. The molecular weight excluding hydrogens is 475 g/mol. The molecule has 9 nitrogen and oxygen atoms in total. The number of nitrogens with zero attached hydrogens (tertiary/aromatic N) is 1. The molecule has 0 fully saturated rings. The van der Waals surface area contributed by atoms with E-state index in [-0.39, 0.29) is 40.5 Å². The van der Waals surface area contributed by atoms with Crippen LogP contribution in [-0.2, 0) is 16.0 Å². The number of rotatable bonds is 2. The lowest BCUT2D eigenvalue weighted by molar-refractivity contribution is -0.132. The summed E-state index contributed by atoms with van der Waals surface area (Å²) in [4.78, 5) is 40.0. The molecular formula is C22H22Cl2N2O7. The van der Waals surface area contributed by atoms with Crippen LogP contribution in [0.2, 0.25) is 5.02 Å². The first kappa shape index (κ1) is 24.8. The Morgan fingerprint density at radius 2 is 1.79 bits per heavy atom. The number of benzene rings is 2. The summed E-state index contributed by atoms with van der Waals surface area (Å²) in [7, 11) is 3.06. The molecule has 1 amide bonds. The average molecular weight is 497 g/mol. The van der Waals surface area contributed by atoms with Crippen LogP contribution < -0.4 is 5.73 Å². The van der Waals surface area contributed by atoms with Crippen molar-refractivity contribution < 1.29 is 34.8 Å². The molecule has 0 heterocycles. The van der Waals surface area contributed by atoms with Gasteiger partial charge in [-0.3, -0.25) is 19.3 Å². The van der Waals surface area contributed by atoms with Gasteiger partial charge in [-0.2, -0.15) is 0 Å². The molecule has 6 N–H and O–H groups in total. The molecule has 4 rings (SSSR count). The first-order valence-electron chi connectivity index (χ1n) is 9.72. The quantitative estimate of drug-likeness (QED) is 0.391. The van der Waals surface area contributed by atoms with Gasteiger partial charge in [-0.1, -0.05) is 11.6 Å². The second-order valence-corrected chi connectivity index (χ2v) is 8.82. The van der Waals surface area contributed by atoms with Crippen LogP contribution in [0, 0.1) is 12.8 Å². The van der Waals surface area contributed by atoms with Crippen molar-refractivity contribution in [1.29, 1.82) is 0 Å². The van der Waals surface area contributed by atoms with Crippen LogP contribution in [0.4, 0.5) is 0 Å². The number of hydrogen-bond acceptors (Lipinski definition) is 8. The number of phenolic OH excluding ortho intramolecular Hbond substituents is 2. The molecule has 33 heavy (non-hydrogen) atoms. The molecule has 2 aromatic rings. The summed E-state index contributed by atoms with van der Waals surface area (Å²) >= 11 is 6.31. The van der Waals surface area contributed by atoms with Crippen LogP contribution in [0.5, 0.6) is 11.5 Å². The second kappa shape index (κ2) is 7.88. The van der Waals surface area contributed by atoms with Gasteiger partial charge in [-0.15, -0.1) is 12.4 Å². The van der Waals surface area contributed by atoms with E-state index in [1.165, 1.54) is 31.1 Å². The molecule has 0 aromatic heterocycles. The Morgan fingerprint density at radius 3 is 2.33 bits per heavy atom. The monoisotopic (exact) mass is 496 g/mol. The number of primary amides is 1. The molecule has 0 spiro atoms. The van der Waals surface area contributed by atoms with Crippen molar-refractivity contribution in [2.45, 2.75) is 25.0 Å². The lowest BCUT2D eigenvalue weighted by Crippen LogP contribution is -2.64. The van der Waals surface area contributed by atoms with Gasteiger partial charge in [0.1, 0.15) is 22.8 Å². The van der Waals surface area contributed by atoms with Gasteiger partial charge in [0.05, 0.1) is 17.0 Å². The van der Waals surface area contributed by atoms with E-state index in [1.807, 2.05) is 0 Å². The second-order valence-electron chi connectivity index (χ2n) is 8.41. The Hall–Kier alpha value is -2.85. The van der Waals surface area contributed by atoms with Gasteiger partial charge in [-0.05, 0) is 50.7 Å². The zero-order chi connectivity index (χ0) is 23.9. The van der Waals surface area contributed by atoms with Gasteiger partial charge in [0.15, 0.2) is 11.4 Å². The number of carbonyl (C=O) groups is 3. The number of hydrogen-bond donors (Lipinski definition) is 5. The fraction of sp³-hybridized carbons (Fsp3) is 0.318. The largest absolute Gasteiger partial charge is 0.508 e. The van der Waals surface area contributed by atoms with E-state index in [2.05, 4.69) is 0 Å². The fourth-order valence-electron chi connectivity index (χ4n) is 5.10. The average Bonchev–Trinajstić information content (AvgIpc) is 2.69. The molecule has 3 unspecified atom stereocenters. The van der Waals surface area contributed by atoms with Gasteiger partial charge in [0, 0.05) is 16.3 Å². The number of halogens is 2. The summed E-state index contributed by atoms with van der Waals surface area (Å²) in [5.74, 6) is -6.49. The molecule has 0 saturated carbocycles. The third kappa shape index (κ3) is 3.03. The summed E-state index contributed by atoms with van der Waals surface area (Å²) in [5, 5.41) is 44.0. The van der Waals surface area contributed by atoms with Crippen molar-refractivity contribution in [3.05, 3.63) is 45.2 Å². The van der Waals surface area contributed by atoms with Crippen LogP contribution in [0.1, 0.15) is 21.5 Å². The van der Waals surface area contributed by atoms with E-state index < -0.39 is 52.1 Å². The molecule has 0 bridgehead atoms. The topological polar surface area (TPSA) is 161 Å². The normalized spacial score (nSPS) is 24.5. The van der Waals surface area contributed by atoms with Crippen molar-refractivity contribution in [3.63, 3.8) is 0 Å². The third-order valence-electron chi connectivity index (χ3n) is 6.57. The number of fused-ring (bicyclic) bond motifs is 3. The van der Waals surface area contributed by atoms with E-state index in [4.69, 9.17) is 17.3 Å². The maximum Gasteiger partial charge on any atom is 0.255 e. The molecule has 3 atom stereocenters. The maximum atomic E-state index is 13.6. The van der Waals surface area contributed by atoms with E-state index in [1.54, 1.807) is 6.92 Å². The molecule has 0 saturated heterocycles. The number of aryl methyl sites for hydroxylation is 1. The minimum absolute atomic E-state index is 0. The van der Waals surface area contributed by atoms with Crippen molar-refractivity contribution in [1.82, 2.24) is 4.90 Å². The van der Waals surface area contributed by atoms with E-state index in [0.717, 1.165) is 0 Å². The number of ketones is 2. The summed E-state index contributed by atoms with van der Waals surface area (Å²) in [5.41, 5.74) is 2.19. The summed E-state index contributed by atoms with van der Waals surface area (Å²) in [6.07, 6.45) is -0.108. The number of carbonyl (C=O) groups excluding carboxylic acids is 3. The van der Waals surface area contributed by atoms with Crippen LogP contribution in [0.3, 0.4) is 0 Å². The Labute approximate surface area is 199 Å². The van der Waals surface area contributed by atoms with Crippen molar-refractivity contribution >= 4 is 52.3 Å². The van der Waals surface area contributed by atoms with Crippen LogP contribution in [-0.4, -0.2) is 68.5 Å². The minimum Gasteiger partial charge on any atom is -0.508 e. The summed E-state index contributed by atoms with van der Waals surface area (Å²) in [6, 6.07) is 1.54. The van der Waals surface area contributed by atoms with Gasteiger partial charge in [0.2, 0.25) is 5.78 Å². The van der Waals surface area contributed by atoms with E-state index in [0.29, 0.717) is 16.5 Å². The van der Waals surface area contributed by atoms with Crippen LogP contribution in [0.15, 0.2) is 23.5 Å². The predicted octanol–water partition coefficient (Wildman–Crippen LogP) is 1.53. The first-order chi connectivity index (χ1) is 14.8. The lowest BCUT2D eigenvalue weighted by Gasteiger charge is -2.47. The number of likely N-dealkylation sites (N-methyl/N-ethyl adjacent to an activating group) is 1. The van der Waals surface area contributed by atoms with Crippen LogP contribution >= 0.6 is 24.0 Å².